The maximum Gasteiger partial charge on any atom is 0.206 e. The first-order valence-corrected chi connectivity index (χ1v) is 14.5. The third-order valence-corrected chi connectivity index (χ3v) is 8.83. The first-order chi connectivity index (χ1) is 16.5. The molecule has 0 saturated heterocycles. The molecule has 0 spiro atoms. The molecule has 8 nitrogen and oxygen atoms in total. The van der Waals surface area contributed by atoms with Crippen molar-refractivity contribution in [2.24, 2.45) is 11.8 Å². The summed E-state index contributed by atoms with van der Waals surface area (Å²) in [5.41, 5.74) is -0.326. The summed E-state index contributed by atoms with van der Waals surface area (Å²) < 4.78 is 26.6. The van der Waals surface area contributed by atoms with Gasteiger partial charge in [-0.15, -0.1) is 0 Å². The Labute approximate surface area is 209 Å². The second-order valence-corrected chi connectivity index (χ2v) is 11.7. The molecule has 180 valence electrons. The molecule has 2 unspecified atom stereocenters. The molecule has 0 N–H and O–H groups in total. The fourth-order valence-corrected chi connectivity index (χ4v) is 6.47. The van der Waals surface area contributed by atoms with E-state index in [1.165, 1.54) is 35.7 Å². The standard InChI is InChI=1S/C24H18O8S3/c1-33-9-17(25)19-21(27)13-5-3-11(7-15(13)23(19)29)35(31,32)12-4-6-14-16(8-12)24(30)20(22(14)28)18(26)10-34-2/h3-8,19-20H,9-10H2,1-2H3. The first-order valence-electron chi connectivity index (χ1n) is 10.3. The summed E-state index contributed by atoms with van der Waals surface area (Å²) in [5, 5.41) is 0. The lowest BCUT2D eigenvalue weighted by atomic mass is 10.00. The van der Waals surface area contributed by atoms with Crippen LogP contribution in [0.4, 0.5) is 0 Å². The van der Waals surface area contributed by atoms with E-state index in [0.29, 0.717) is 0 Å². The summed E-state index contributed by atoms with van der Waals surface area (Å²) in [7, 11) is -4.26. The number of carbonyl (C=O) groups is 6. The minimum Gasteiger partial charge on any atom is -0.297 e. The number of hydrogen-bond acceptors (Lipinski definition) is 10. The van der Waals surface area contributed by atoms with E-state index in [9.17, 15) is 37.2 Å². The summed E-state index contributed by atoms with van der Waals surface area (Å²) in [5.74, 6) is -6.89. The zero-order chi connectivity index (χ0) is 25.7. The van der Waals surface area contributed by atoms with Crippen LogP contribution in [0.15, 0.2) is 46.2 Å². The van der Waals surface area contributed by atoms with Crippen molar-refractivity contribution in [1.29, 1.82) is 0 Å². The number of sulfone groups is 1. The van der Waals surface area contributed by atoms with E-state index in [2.05, 4.69) is 0 Å². The van der Waals surface area contributed by atoms with Gasteiger partial charge in [-0.1, -0.05) is 0 Å². The Morgan fingerprint density at radius 1 is 0.657 bits per heavy atom. The van der Waals surface area contributed by atoms with Gasteiger partial charge in [0.2, 0.25) is 9.84 Å². The number of ketones is 6. The van der Waals surface area contributed by atoms with Crippen LogP contribution in [0.25, 0.3) is 0 Å². The number of Topliss-reactive ketones (excluding diaryl/α,β-unsaturated/α-hetero) is 6. The van der Waals surface area contributed by atoms with E-state index in [1.54, 1.807) is 12.5 Å². The van der Waals surface area contributed by atoms with Crippen LogP contribution >= 0.6 is 23.5 Å². The van der Waals surface area contributed by atoms with Gasteiger partial charge in [-0.2, -0.15) is 23.5 Å². The average molecular weight is 531 g/mol. The zero-order valence-electron chi connectivity index (χ0n) is 18.5. The highest BCUT2D eigenvalue weighted by Gasteiger charge is 2.45. The predicted molar refractivity (Wildman–Crippen MR) is 129 cm³/mol. The molecular weight excluding hydrogens is 512 g/mol. The van der Waals surface area contributed by atoms with E-state index in [-0.39, 0.29) is 43.6 Å². The van der Waals surface area contributed by atoms with E-state index in [4.69, 9.17) is 0 Å². The van der Waals surface area contributed by atoms with Crippen molar-refractivity contribution in [2.75, 3.05) is 24.0 Å². The Morgan fingerprint density at radius 2 is 1.00 bits per heavy atom. The summed E-state index contributed by atoms with van der Waals surface area (Å²) >= 11 is 2.35. The smallest absolute Gasteiger partial charge is 0.206 e. The van der Waals surface area contributed by atoms with Gasteiger partial charge in [-0.25, -0.2) is 8.42 Å². The number of hydrogen-bond donors (Lipinski definition) is 0. The largest absolute Gasteiger partial charge is 0.297 e. The fraction of sp³-hybridized carbons (Fsp3) is 0.250. The molecule has 0 saturated carbocycles. The molecule has 35 heavy (non-hydrogen) atoms. The second kappa shape index (κ2) is 9.29. The van der Waals surface area contributed by atoms with Crippen molar-refractivity contribution in [3.63, 3.8) is 0 Å². The van der Waals surface area contributed by atoms with E-state index < -0.39 is 56.4 Å². The molecule has 2 aromatic rings. The van der Waals surface area contributed by atoms with E-state index in [0.717, 1.165) is 24.3 Å². The molecule has 0 heterocycles. The molecule has 4 rings (SSSR count). The van der Waals surface area contributed by atoms with Crippen LogP contribution in [0.1, 0.15) is 41.4 Å². The summed E-state index contributed by atoms with van der Waals surface area (Å²) in [6.45, 7) is 0. The van der Waals surface area contributed by atoms with Crippen LogP contribution in [-0.4, -0.2) is 67.1 Å². The van der Waals surface area contributed by atoms with Crippen molar-refractivity contribution >= 4 is 68.1 Å². The average Bonchev–Trinajstić information content (AvgIpc) is 3.23. The van der Waals surface area contributed by atoms with Gasteiger partial charge in [0.1, 0.15) is 11.8 Å². The topological polar surface area (TPSA) is 137 Å². The summed E-state index contributed by atoms with van der Waals surface area (Å²) in [4.78, 5) is 74.6. The molecule has 0 bridgehead atoms. The van der Waals surface area contributed by atoms with Crippen LogP contribution < -0.4 is 0 Å². The highest BCUT2D eigenvalue weighted by Crippen LogP contribution is 2.34. The van der Waals surface area contributed by atoms with Crippen molar-refractivity contribution in [1.82, 2.24) is 0 Å². The molecular formula is C24H18O8S3. The molecule has 0 aliphatic heterocycles. The van der Waals surface area contributed by atoms with Gasteiger partial charge in [0.15, 0.2) is 34.7 Å². The van der Waals surface area contributed by atoms with Gasteiger partial charge in [-0.05, 0) is 48.9 Å². The SMILES string of the molecule is CSCC(=O)C1C(=O)c2ccc(S(=O)(=O)c3ccc4c(c3)C(=O)C(C(=O)CSC)C4=O)cc2C1=O. The summed E-state index contributed by atoms with van der Waals surface area (Å²) in [6.07, 6.45) is 3.32. The maximum absolute atomic E-state index is 13.3. The van der Waals surface area contributed by atoms with Crippen molar-refractivity contribution in [2.45, 2.75) is 9.79 Å². The first kappa shape index (κ1) is 25.2. The lowest BCUT2D eigenvalue weighted by Gasteiger charge is -2.07. The fourth-order valence-electron chi connectivity index (χ4n) is 4.25. The van der Waals surface area contributed by atoms with Crippen LogP contribution in [-0.2, 0) is 19.4 Å². The molecule has 11 heteroatoms. The third kappa shape index (κ3) is 4.01. The van der Waals surface area contributed by atoms with Crippen LogP contribution in [0.5, 0.6) is 0 Å². The number of thioether (sulfide) groups is 2. The van der Waals surface area contributed by atoms with Gasteiger partial charge in [0.05, 0.1) is 21.3 Å². The van der Waals surface area contributed by atoms with Crippen LogP contribution in [0.2, 0.25) is 0 Å². The normalized spacial score (nSPS) is 19.1. The maximum atomic E-state index is 13.3. The Hall–Kier alpha value is -2.89. The summed E-state index contributed by atoms with van der Waals surface area (Å²) in [6, 6.07) is 6.84. The molecule has 2 aromatic carbocycles. The lowest BCUT2D eigenvalue weighted by Crippen LogP contribution is -2.27. The molecule has 2 aliphatic carbocycles. The molecule has 0 amide bonds. The van der Waals surface area contributed by atoms with Gasteiger partial charge < -0.3 is 0 Å². The molecule has 2 atom stereocenters. The van der Waals surface area contributed by atoms with Crippen molar-refractivity contribution < 1.29 is 37.2 Å². The van der Waals surface area contributed by atoms with Gasteiger partial charge >= 0.3 is 0 Å². The molecule has 2 aliphatic rings. The van der Waals surface area contributed by atoms with Crippen molar-refractivity contribution in [3.8, 4) is 0 Å². The van der Waals surface area contributed by atoms with E-state index in [1.807, 2.05) is 0 Å². The van der Waals surface area contributed by atoms with Crippen LogP contribution in [0, 0.1) is 11.8 Å². The predicted octanol–water partition coefficient (Wildman–Crippen LogP) is 2.37. The van der Waals surface area contributed by atoms with Gasteiger partial charge in [0, 0.05) is 22.3 Å². The quantitative estimate of drug-likeness (QED) is 0.468. The molecule has 0 fully saturated rings. The third-order valence-electron chi connectivity index (χ3n) is 5.93. The number of carbonyl (C=O) groups excluding carboxylic acids is 6. The number of rotatable bonds is 8. The van der Waals surface area contributed by atoms with E-state index >= 15 is 0 Å². The highest BCUT2D eigenvalue weighted by atomic mass is 32.2. The van der Waals surface area contributed by atoms with Gasteiger partial charge in [-0.3, -0.25) is 28.8 Å². The highest BCUT2D eigenvalue weighted by molar-refractivity contribution is 7.99. The Kier molecular flexibility index (Phi) is 6.69. The van der Waals surface area contributed by atoms with Crippen LogP contribution in [0.3, 0.4) is 0 Å². The number of fused-ring (bicyclic) bond motifs is 2. The lowest BCUT2D eigenvalue weighted by molar-refractivity contribution is -0.118. The number of benzene rings is 2. The Balaban J connectivity index is 1.71. The minimum absolute atomic E-state index is 0.0155. The zero-order valence-corrected chi connectivity index (χ0v) is 21.0. The second-order valence-electron chi connectivity index (χ2n) is 8.04. The van der Waals surface area contributed by atoms with Crippen molar-refractivity contribution in [3.05, 3.63) is 58.7 Å². The Bertz CT molecular complexity index is 1350. The molecule has 0 aromatic heterocycles. The van der Waals surface area contributed by atoms with Gasteiger partial charge in [0.25, 0.3) is 0 Å². The minimum atomic E-state index is -4.26. The Morgan fingerprint density at radius 3 is 1.34 bits per heavy atom. The monoisotopic (exact) mass is 530 g/mol. The molecule has 0 radical (unpaired) electrons.